The van der Waals surface area contributed by atoms with Crippen LogP contribution in [0.2, 0.25) is 10.0 Å². The number of amides is 1. The first-order chi connectivity index (χ1) is 14.5. The summed E-state index contributed by atoms with van der Waals surface area (Å²) in [5.41, 5.74) is 3.07. The molecule has 0 saturated heterocycles. The lowest BCUT2D eigenvalue weighted by Gasteiger charge is -2.08. The minimum atomic E-state index is -0.501. The van der Waals surface area contributed by atoms with Crippen molar-refractivity contribution in [1.29, 1.82) is 5.26 Å². The number of methoxy groups -OCH3 is 1. The van der Waals surface area contributed by atoms with Gasteiger partial charge in [-0.05, 0) is 59.2 Å². The molecule has 3 aromatic carbocycles. The van der Waals surface area contributed by atoms with Crippen molar-refractivity contribution < 1.29 is 9.53 Å². The second-order valence-electron chi connectivity index (χ2n) is 6.47. The van der Waals surface area contributed by atoms with Gasteiger partial charge in [0, 0.05) is 22.2 Å². The summed E-state index contributed by atoms with van der Waals surface area (Å²) in [5, 5.41) is 13.3. The number of rotatable bonds is 6. The van der Waals surface area contributed by atoms with Crippen molar-refractivity contribution in [1.82, 2.24) is 0 Å². The minimum absolute atomic E-state index is 0.0271. The third-order valence-corrected chi connectivity index (χ3v) is 5.16. The van der Waals surface area contributed by atoms with E-state index in [1.165, 1.54) is 6.08 Å². The van der Waals surface area contributed by atoms with Crippen LogP contribution in [0.1, 0.15) is 16.7 Å². The molecule has 3 aromatic rings. The number of nitrogens with one attached hydrogen (secondary N) is 1. The summed E-state index contributed by atoms with van der Waals surface area (Å²) in [4.78, 5) is 12.5. The van der Waals surface area contributed by atoms with E-state index >= 15 is 0 Å². The van der Waals surface area contributed by atoms with Crippen molar-refractivity contribution in [3.05, 3.63) is 99.0 Å². The number of benzene rings is 3. The fourth-order valence-electron chi connectivity index (χ4n) is 2.83. The molecular formula is C24H18Cl2N2O2. The molecule has 0 aliphatic heterocycles. The number of carbonyl (C=O) groups is 1. The lowest BCUT2D eigenvalue weighted by Crippen LogP contribution is -2.13. The van der Waals surface area contributed by atoms with E-state index in [0.29, 0.717) is 33.5 Å². The Bertz CT molecular complexity index is 1130. The van der Waals surface area contributed by atoms with Gasteiger partial charge in [0.2, 0.25) is 0 Å². The van der Waals surface area contributed by atoms with Gasteiger partial charge in [-0.3, -0.25) is 4.79 Å². The molecule has 0 atom stereocenters. The molecule has 0 saturated carbocycles. The Morgan fingerprint density at radius 2 is 1.73 bits per heavy atom. The topological polar surface area (TPSA) is 62.1 Å². The third-order valence-electron chi connectivity index (χ3n) is 4.44. The first kappa shape index (κ1) is 21.4. The van der Waals surface area contributed by atoms with Gasteiger partial charge in [0.1, 0.15) is 17.4 Å². The first-order valence-electron chi connectivity index (χ1n) is 9.09. The highest BCUT2D eigenvalue weighted by atomic mass is 35.5. The molecule has 30 heavy (non-hydrogen) atoms. The first-order valence-corrected chi connectivity index (χ1v) is 9.85. The number of anilines is 1. The molecule has 150 valence electrons. The van der Waals surface area contributed by atoms with Crippen LogP contribution in [0.25, 0.3) is 6.08 Å². The van der Waals surface area contributed by atoms with Crippen molar-refractivity contribution in [3.8, 4) is 11.8 Å². The molecule has 0 unspecified atom stereocenters. The van der Waals surface area contributed by atoms with Crippen LogP contribution in [0, 0.1) is 11.3 Å². The van der Waals surface area contributed by atoms with Gasteiger partial charge in [0.15, 0.2) is 0 Å². The number of halogens is 2. The molecule has 0 aliphatic rings. The molecule has 0 fully saturated rings. The van der Waals surface area contributed by atoms with E-state index in [0.717, 1.165) is 11.1 Å². The van der Waals surface area contributed by atoms with Crippen molar-refractivity contribution in [2.75, 3.05) is 12.4 Å². The number of nitriles is 1. The van der Waals surface area contributed by atoms with Gasteiger partial charge in [0.05, 0.1) is 7.11 Å². The van der Waals surface area contributed by atoms with Crippen LogP contribution in [0.15, 0.2) is 72.3 Å². The predicted octanol–water partition coefficient (Wildman–Crippen LogP) is 6.14. The van der Waals surface area contributed by atoms with Crippen molar-refractivity contribution in [3.63, 3.8) is 0 Å². The Balaban J connectivity index is 1.76. The Morgan fingerprint density at radius 1 is 1.03 bits per heavy atom. The fourth-order valence-corrected chi connectivity index (χ4v) is 3.29. The van der Waals surface area contributed by atoms with Gasteiger partial charge < -0.3 is 10.1 Å². The number of hydrogen-bond donors (Lipinski definition) is 1. The number of nitrogens with zero attached hydrogens (tertiary/aromatic N) is 1. The lowest BCUT2D eigenvalue weighted by atomic mass is 10.0. The highest BCUT2D eigenvalue weighted by Gasteiger charge is 2.11. The molecule has 4 nitrogen and oxygen atoms in total. The second kappa shape index (κ2) is 9.98. The molecule has 0 spiro atoms. The summed E-state index contributed by atoms with van der Waals surface area (Å²) in [6.45, 7) is 0. The Labute approximate surface area is 185 Å². The molecule has 3 rings (SSSR count). The summed E-state index contributed by atoms with van der Waals surface area (Å²) >= 11 is 12.7. The van der Waals surface area contributed by atoms with Crippen LogP contribution < -0.4 is 10.1 Å². The van der Waals surface area contributed by atoms with Crippen LogP contribution in [-0.2, 0) is 11.2 Å². The van der Waals surface area contributed by atoms with Crippen molar-refractivity contribution in [2.45, 2.75) is 6.42 Å². The maximum atomic E-state index is 12.5. The van der Waals surface area contributed by atoms with Gasteiger partial charge in [-0.15, -0.1) is 0 Å². The molecule has 0 aliphatic carbocycles. The van der Waals surface area contributed by atoms with Gasteiger partial charge in [0.25, 0.3) is 5.91 Å². The molecule has 0 aromatic heterocycles. The summed E-state index contributed by atoms with van der Waals surface area (Å²) in [6, 6.07) is 21.8. The summed E-state index contributed by atoms with van der Waals surface area (Å²) in [5.74, 6) is 0.175. The molecule has 1 N–H and O–H groups in total. The largest absolute Gasteiger partial charge is 0.497 e. The second-order valence-corrected chi connectivity index (χ2v) is 7.29. The predicted molar refractivity (Wildman–Crippen MR) is 121 cm³/mol. The van der Waals surface area contributed by atoms with Gasteiger partial charge in [-0.2, -0.15) is 5.26 Å². The van der Waals surface area contributed by atoms with Crippen LogP contribution >= 0.6 is 23.2 Å². The zero-order valence-electron chi connectivity index (χ0n) is 16.2. The molecule has 0 radical (unpaired) electrons. The normalized spacial score (nSPS) is 10.9. The highest BCUT2D eigenvalue weighted by molar-refractivity contribution is 6.32. The Kier molecular flexibility index (Phi) is 7.13. The van der Waals surface area contributed by atoms with E-state index < -0.39 is 5.91 Å². The highest BCUT2D eigenvalue weighted by Crippen LogP contribution is 2.25. The van der Waals surface area contributed by atoms with Crippen LogP contribution in [0.5, 0.6) is 5.75 Å². The minimum Gasteiger partial charge on any atom is -0.497 e. The van der Waals surface area contributed by atoms with Crippen molar-refractivity contribution >= 4 is 40.9 Å². The van der Waals surface area contributed by atoms with E-state index in [1.807, 2.05) is 42.5 Å². The third kappa shape index (κ3) is 5.42. The monoisotopic (exact) mass is 436 g/mol. The lowest BCUT2D eigenvalue weighted by molar-refractivity contribution is -0.112. The standard InChI is InChI=1S/C24H18Cl2N2O2/c1-30-21-10-8-20(9-11-21)28-24(29)19(15-27)12-16-6-7-18(23(26)13-16)14-17-4-2-3-5-22(17)25/h2-13H,14H2,1H3,(H,28,29)/b19-12+. The van der Waals surface area contributed by atoms with E-state index in [4.69, 9.17) is 27.9 Å². The van der Waals surface area contributed by atoms with E-state index in [9.17, 15) is 10.1 Å². The van der Waals surface area contributed by atoms with Gasteiger partial charge in [-0.25, -0.2) is 0 Å². The SMILES string of the molecule is COc1ccc(NC(=O)/C(C#N)=C/c2ccc(Cc3ccccc3Cl)c(Cl)c2)cc1. The van der Waals surface area contributed by atoms with Gasteiger partial charge >= 0.3 is 0 Å². The maximum absolute atomic E-state index is 12.5. The molecule has 6 heteroatoms. The van der Waals surface area contributed by atoms with Gasteiger partial charge in [-0.1, -0.05) is 53.5 Å². The molecular weight excluding hydrogens is 419 g/mol. The van der Waals surface area contributed by atoms with E-state index in [-0.39, 0.29) is 5.57 Å². The summed E-state index contributed by atoms with van der Waals surface area (Å²) < 4.78 is 5.09. The Morgan fingerprint density at radius 3 is 2.37 bits per heavy atom. The van der Waals surface area contributed by atoms with Crippen LogP contribution in [0.4, 0.5) is 5.69 Å². The summed E-state index contributed by atoms with van der Waals surface area (Å²) in [6.07, 6.45) is 2.09. The Hall–Kier alpha value is -3.26. The van der Waals surface area contributed by atoms with Crippen LogP contribution in [0.3, 0.4) is 0 Å². The maximum Gasteiger partial charge on any atom is 0.266 e. The number of carbonyl (C=O) groups excluding carboxylic acids is 1. The number of hydrogen-bond acceptors (Lipinski definition) is 3. The zero-order valence-corrected chi connectivity index (χ0v) is 17.7. The zero-order chi connectivity index (χ0) is 21.5. The molecule has 0 heterocycles. The van der Waals surface area contributed by atoms with E-state index in [2.05, 4.69) is 5.32 Å². The molecule has 1 amide bonds. The average Bonchev–Trinajstić information content (AvgIpc) is 2.75. The summed E-state index contributed by atoms with van der Waals surface area (Å²) in [7, 11) is 1.56. The average molecular weight is 437 g/mol. The smallest absolute Gasteiger partial charge is 0.266 e. The van der Waals surface area contributed by atoms with E-state index in [1.54, 1.807) is 37.4 Å². The quantitative estimate of drug-likeness (QED) is 0.372. The number of ether oxygens (including phenoxy) is 1. The van der Waals surface area contributed by atoms with Crippen molar-refractivity contribution in [2.24, 2.45) is 0 Å². The fraction of sp³-hybridized carbons (Fsp3) is 0.0833. The van der Waals surface area contributed by atoms with Crippen LogP contribution in [-0.4, -0.2) is 13.0 Å². The molecule has 0 bridgehead atoms.